The van der Waals surface area contributed by atoms with E-state index in [0.29, 0.717) is 0 Å². The largest absolute Gasteiger partial charge is 0.438 e. The van der Waals surface area contributed by atoms with Gasteiger partial charge in [0.1, 0.15) is 0 Å². The molecule has 0 bridgehead atoms. The van der Waals surface area contributed by atoms with E-state index in [4.69, 9.17) is 11.5 Å². The van der Waals surface area contributed by atoms with Crippen LogP contribution in [-0.2, 0) is 6.18 Å². The van der Waals surface area contributed by atoms with Crippen molar-refractivity contribution in [2.24, 2.45) is 0 Å². The van der Waals surface area contributed by atoms with Crippen LogP contribution in [0.2, 0.25) is 0 Å². The zero-order valence-electron chi connectivity index (χ0n) is 5.14. The number of oxazole rings is 1. The minimum Gasteiger partial charge on any atom is -0.407 e. The van der Waals surface area contributed by atoms with Gasteiger partial charge in [0.25, 0.3) is 6.01 Å². The van der Waals surface area contributed by atoms with Crippen LogP contribution in [0.4, 0.5) is 25.1 Å². The number of rotatable bonds is 0. The lowest BCUT2D eigenvalue weighted by atomic mass is 10.4. The minimum absolute atomic E-state index is 0.588. The highest BCUT2D eigenvalue weighted by Gasteiger charge is 2.37. The van der Waals surface area contributed by atoms with E-state index in [-0.39, 0.29) is 0 Å². The number of halogens is 3. The summed E-state index contributed by atoms with van der Waals surface area (Å²) >= 11 is 0. The monoisotopic (exact) mass is 167 g/mol. The fourth-order valence-electron chi connectivity index (χ4n) is 0.552. The molecular formula is C4H4F3N3O. The highest BCUT2D eigenvalue weighted by Crippen LogP contribution is 2.33. The van der Waals surface area contributed by atoms with Crippen LogP contribution in [0, 0.1) is 0 Å². The highest BCUT2D eigenvalue weighted by molar-refractivity contribution is 5.37. The van der Waals surface area contributed by atoms with Crippen molar-refractivity contribution < 1.29 is 17.6 Å². The van der Waals surface area contributed by atoms with Gasteiger partial charge in [-0.2, -0.15) is 18.2 Å². The number of nitrogen functional groups attached to an aromatic ring is 2. The SMILES string of the molecule is Nc1nc(C(F)(F)F)c(N)o1. The Hall–Kier alpha value is -1.40. The second-order valence-electron chi connectivity index (χ2n) is 1.76. The van der Waals surface area contributed by atoms with Gasteiger partial charge < -0.3 is 15.9 Å². The lowest BCUT2D eigenvalue weighted by molar-refractivity contribution is -0.140. The second-order valence-corrected chi connectivity index (χ2v) is 1.76. The summed E-state index contributed by atoms with van der Waals surface area (Å²) in [6, 6.07) is -0.588. The average Bonchev–Trinajstić information content (AvgIpc) is 2.08. The molecule has 0 aromatic carbocycles. The predicted octanol–water partition coefficient (Wildman–Crippen LogP) is 0.858. The van der Waals surface area contributed by atoms with Gasteiger partial charge in [0.05, 0.1) is 0 Å². The Labute approximate surface area is 59.0 Å². The number of anilines is 2. The van der Waals surface area contributed by atoms with Crippen molar-refractivity contribution in [3.8, 4) is 0 Å². The molecule has 0 amide bonds. The van der Waals surface area contributed by atoms with Crippen LogP contribution in [-0.4, -0.2) is 4.98 Å². The lowest BCUT2D eigenvalue weighted by Gasteiger charge is -1.99. The molecule has 11 heavy (non-hydrogen) atoms. The summed E-state index contributed by atoms with van der Waals surface area (Å²) in [7, 11) is 0. The van der Waals surface area contributed by atoms with Crippen molar-refractivity contribution in [2.45, 2.75) is 6.18 Å². The molecule has 1 aromatic rings. The molecule has 7 heteroatoms. The smallest absolute Gasteiger partial charge is 0.407 e. The van der Waals surface area contributed by atoms with E-state index >= 15 is 0 Å². The first kappa shape index (κ1) is 7.70. The van der Waals surface area contributed by atoms with E-state index in [1.807, 2.05) is 0 Å². The van der Waals surface area contributed by atoms with Gasteiger partial charge in [-0.3, -0.25) is 0 Å². The van der Waals surface area contributed by atoms with E-state index in [9.17, 15) is 13.2 Å². The molecule has 0 spiro atoms. The van der Waals surface area contributed by atoms with Crippen molar-refractivity contribution in [1.29, 1.82) is 0 Å². The first-order valence-corrected chi connectivity index (χ1v) is 2.50. The van der Waals surface area contributed by atoms with Gasteiger partial charge in [0.2, 0.25) is 11.6 Å². The van der Waals surface area contributed by atoms with Crippen molar-refractivity contribution in [1.82, 2.24) is 4.98 Å². The minimum atomic E-state index is -4.61. The molecule has 0 unspecified atom stereocenters. The highest BCUT2D eigenvalue weighted by atomic mass is 19.4. The third kappa shape index (κ3) is 1.36. The molecule has 0 aliphatic carbocycles. The summed E-state index contributed by atoms with van der Waals surface area (Å²) in [5, 5.41) is 0. The van der Waals surface area contributed by atoms with Crippen molar-refractivity contribution >= 4 is 11.9 Å². The molecule has 1 rings (SSSR count). The van der Waals surface area contributed by atoms with Crippen molar-refractivity contribution in [2.75, 3.05) is 11.5 Å². The Morgan fingerprint density at radius 2 is 1.82 bits per heavy atom. The molecule has 62 valence electrons. The lowest BCUT2D eigenvalue weighted by Crippen LogP contribution is -2.08. The van der Waals surface area contributed by atoms with E-state index in [1.165, 1.54) is 0 Å². The van der Waals surface area contributed by atoms with Crippen molar-refractivity contribution in [3.05, 3.63) is 5.69 Å². The van der Waals surface area contributed by atoms with E-state index < -0.39 is 23.8 Å². The third-order valence-corrected chi connectivity index (χ3v) is 0.938. The number of nitrogens with two attached hydrogens (primary N) is 2. The molecule has 0 saturated heterocycles. The van der Waals surface area contributed by atoms with Gasteiger partial charge in [0.15, 0.2) is 0 Å². The molecule has 0 aliphatic heterocycles. The molecule has 0 radical (unpaired) electrons. The Morgan fingerprint density at radius 1 is 1.27 bits per heavy atom. The van der Waals surface area contributed by atoms with E-state index in [2.05, 4.69) is 9.40 Å². The predicted molar refractivity (Wildman–Crippen MR) is 30.3 cm³/mol. The summed E-state index contributed by atoms with van der Waals surface area (Å²) in [5.74, 6) is -0.810. The first-order valence-electron chi connectivity index (χ1n) is 2.50. The third-order valence-electron chi connectivity index (χ3n) is 0.938. The van der Waals surface area contributed by atoms with E-state index in [0.717, 1.165) is 0 Å². The van der Waals surface area contributed by atoms with Gasteiger partial charge in [-0.25, -0.2) is 0 Å². The first-order chi connectivity index (χ1) is 4.91. The van der Waals surface area contributed by atoms with Crippen LogP contribution in [0.25, 0.3) is 0 Å². The molecule has 1 heterocycles. The number of alkyl halides is 3. The molecule has 1 aromatic heterocycles. The number of aromatic nitrogens is 1. The average molecular weight is 167 g/mol. The molecular weight excluding hydrogens is 163 g/mol. The normalized spacial score (nSPS) is 11.9. The zero-order chi connectivity index (χ0) is 8.65. The fraction of sp³-hybridized carbons (Fsp3) is 0.250. The topological polar surface area (TPSA) is 78.1 Å². The van der Waals surface area contributed by atoms with E-state index in [1.54, 1.807) is 0 Å². The number of hydrogen-bond donors (Lipinski definition) is 2. The number of hydrogen-bond acceptors (Lipinski definition) is 4. The summed E-state index contributed by atoms with van der Waals surface area (Å²) in [4.78, 5) is 2.84. The number of nitrogens with zero attached hydrogens (tertiary/aromatic N) is 1. The Kier molecular flexibility index (Phi) is 1.43. The van der Waals surface area contributed by atoms with Gasteiger partial charge in [-0.05, 0) is 0 Å². The van der Waals surface area contributed by atoms with Gasteiger partial charge in [-0.15, -0.1) is 0 Å². The van der Waals surface area contributed by atoms with Crippen LogP contribution in [0.3, 0.4) is 0 Å². The van der Waals surface area contributed by atoms with Crippen LogP contribution in [0.5, 0.6) is 0 Å². The van der Waals surface area contributed by atoms with Crippen LogP contribution >= 0.6 is 0 Å². The van der Waals surface area contributed by atoms with Crippen LogP contribution < -0.4 is 11.5 Å². The molecule has 0 aliphatic rings. The molecule has 4 nitrogen and oxygen atoms in total. The molecule has 4 N–H and O–H groups in total. The summed E-state index contributed by atoms with van der Waals surface area (Å²) in [6.45, 7) is 0. The van der Waals surface area contributed by atoms with Crippen molar-refractivity contribution in [3.63, 3.8) is 0 Å². The Balaban J connectivity index is 3.13. The Bertz CT molecular complexity index is 266. The maximum Gasteiger partial charge on any atom is 0.438 e. The maximum atomic E-state index is 11.8. The van der Waals surface area contributed by atoms with Crippen LogP contribution in [0.15, 0.2) is 4.42 Å². The molecule has 0 atom stereocenters. The quantitative estimate of drug-likeness (QED) is 0.600. The standard InChI is InChI=1S/C4H4F3N3O/c5-4(6,7)1-2(8)11-3(9)10-1/h8H2,(H2,9,10). The van der Waals surface area contributed by atoms with Crippen LogP contribution in [0.1, 0.15) is 5.69 Å². The summed E-state index contributed by atoms with van der Waals surface area (Å²) in [6.07, 6.45) is -4.61. The second kappa shape index (κ2) is 2.04. The summed E-state index contributed by atoms with van der Waals surface area (Å²) < 4.78 is 39.6. The maximum absolute atomic E-state index is 11.8. The molecule has 0 saturated carbocycles. The fourth-order valence-corrected chi connectivity index (χ4v) is 0.552. The Morgan fingerprint density at radius 3 is 2.00 bits per heavy atom. The molecule has 0 fully saturated rings. The zero-order valence-corrected chi connectivity index (χ0v) is 5.14. The van der Waals surface area contributed by atoms with Gasteiger partial charge >= 0.3 is 6.18 Å². The summed E-state index contributed by atoms with van der Waals surface area (Å²) in [5.41, 5.74) is 8.33. The van der Waals surface area contributed by atoms with Gasteiger partial charge in [0, 0.05) is 0 Å². The van der Waals surface area contributed by atoms with Gasteiger partial charge in [-0.1, -0.05) is 0 Å².